The third kappa shape index (κ3) is 4.34. The molecule has 2 rings (SSSR count). The van der Waals surface area contributed by atoms with E-state index in [1.165, 1.54) is 18.2 Å². The zero-order chi connectivity index (χ0) is 15.7. The second-order valence-corrected chi connectivity index (χ2v) is 8.62. The minimum atomic E-state index is -3.07. The summed E-state index contributed by atoms with van der Waals surface area (Å²) in [6.07, 6.45) is 0.411. The quantitative estimate of drug-likeness (QED) is 0.639. The van der Waals surface area contributed by atoms with Crippen LogP contribution in [0, 0.1) is 5.82 Å². The summed E-state index contributed by atoms with van der Waals surface area (Å²) in [4.78, 5) is 12.4. The molecule has 0 spiro atoms. The van der Waals surface area contributed by atoms with Gasteiger partial charge in [-0.1, -0.05) is 0 Å². The first-order valence-corrected chi connectivity index (χ1v) is 9.19. The summed E-state index contributed by atoms with van der Waals surface area (Å²) in [6.45, 7) is 1.72. The van der Waals surface area contributed by atoms with Gasteiger partial charge in [-0.05, 0) is 31.5 Å². The van der Waals surface area contributed by atoms with Crippen molar-refractivity contribution >= 4 is 33.2 Å². The lowest BCUT2D eigenvalue weighted by molar-refractivity contribution is -0.120. The number of hydrogen-bond donors (Lipinski definition) is 2. The van der Waals surface area contributed by atoms with Gasteiger partial charge in [-0.3, -0.25) is 4.79 Å². The Labute approximate surface area is 127 Å². The second kappa shape index (κ2) is 5.84. The zero-order valence-corrected chi connectivity index (χ0v) is 13.2. The molecule has 1 aliphatic rings. The highest BCUT2D eigenvalue weighted by Crippen LogP contribution is 2.27. The molecule has 1 fully saturated rings. The Hall–Kier alpha value is -1.28. The van der Waals surface area contributed by atoms with E-state index in [9.17, 15) is 17.6 Å². The highest BCUT2D eigenvalue weighted by atomic mass is 32.2. The summed E-state index contributed by atoms with van der Waals surface area (Å²) >= 11 is 1.12. The van der Waals surface area contributed by atoms with E-state index in [4.69, 9.17) is 5.73 Å². The van der Waals surface area contributed by atoms with Crippen LogP contribution in [0.1, 0.15) is 13.3 Å². The van der Waals surface area contributed by atoms with Crippen LogP contribution in [-0.2, 0) is 14.6 Å². The monoisotopic (exact) mass is 332 g/mol. The van der Waals surface area contributed by atoms with E-state index < -0.39 is 21.2 Å². The topological polar surface area (TPSA) is 89.3 Å². The van der Waals surface area contributed by atoms with Crippen molar-refractivity contribution in [1.29, 1.82) is 0 Å². The van der Waals surface area contributed by atoms with E-state index in [0.29, 0.717) is 17.0 Å². The molecule has 1 aromatic rings. The van der Waals surface area contributed by atoms with Crippen LogP contribution in [0.3, 0.4) is 0 Å². The highest BCUT2D eigenvalue weighted by molar-refractivity contribution is 8.00. The minimum absolute atomic E-state index is 0.0431. The molecule has 0 aliphatic carbocycles. The van der Waals surface area contributed by atoms with E-state index in [-0.39, 0.29) is 23.2 Å². The lowest BCUT2D eigenvalue weighted by Crippen LogP contribution is -2.47. The van der Waals surface area contributed by atoms with Gasteiger partial charge in [-0.2, -0.15) is 0 Å². The number of sulfone groups is 1. The maximum Gasteiger partial charge on any atom is 0.230 e. The normalized spacial score (nSPS) is 23.9. The summed E-state index contributed by atoms with van der Waals surface area (Å²) in [5.74, 6) is -0.598. The molecule has 1 heterocycles. The van der Waals surface area contributed by atoms with Crippen molar-refractivity contribution in [3.8, 4) is 0 Å². The van der Waals surface area contributed by atoms with Gasteiger partial charge in [0.05, 0.1) is 22.8 Å². The Morgan fingerprint density at radius 2 is 2.24 bits per heavy atom. The second-order valence-electron chi connectivity index (χ2n) is 5.42. The third-order valence-electron chi connectivity index (χ3n) is 3.28. The molecule has 21 heavy (non-hydrogen) atoms. The molecular weight excluding hydrogens is 315 g/mol. The third-order valence-corrected chi connectivity index (χ3v) is 6.25. The number of rotatable bonds is 4. The van der Waals surface area contributed by atoms with E-state index >= 15 is 0 Å². The summed E-state index contributed by atoms with van der Waals surface area (Å²) < 4.78 is 36.1. The molecule has 1 unspecified atom stereocenters. The molecule has 0 aromatic heterocycles. The SMILES string of the molecule is CC1(NC(=O)CSc2cc(F)ccc2N)CCS(=O)(=O)C1. The Morgan fingerprint density at radius 1 is 1.52 bits per heavy atom. The average molecular weight is 332 g/mol. The van der Waals surface area contributed by atoms with Gasteiger partial charge in [-0.25, -0.2) is 12.8 Å². The number of carbonyl (C=O) groups is 1. The van der Waals surface area contributed by atoms with Gasteiger partial charge in [0, 0.05) is 10.6 Å². The van der Waals surface area contributed by atoms with Crippen LogP contribution in [0.25, 0.3) is 0 Å². The van der Waals surface area contributed by atoms with Crippen molar-refractivity contribution < 1.29 is 17.6 Å². The van der Waals surface area contributed by atoms with Gasteiger partial charge in [0.1, 0.15) is 5.82 Å². The molecule has 1 aromatic carbocycles. The Morgan fingerprint density at radius 3 is 2.86 bits per heavy atom. The van der Waals surface area contributed by atoms with Crippen LogP contribution < -0.4 is 11.1 Å². The summed E-state index contributed by atoms with van der Waals surface area (Å²) in [5, 5.41) is 2.74. The van der Waals surface area contributed by atoms with Gasteiger partial charge in [0.2, 0.25) is 5.91 Å². The van der Waals surface area contributed by atoms with Crippen molar-refractivity contribution in [2.45, 2.75) is 23.8 Å². The first-order chi connectivity index (χ1) is 9.69. The number of hydrogen-bond acceptors (Lipinski definition) is 5. The van der Waals surface area contributed by atoms with E-state index in [1.54, 1.807) is 6.92 Å². The molecular formula is C13H17FN2O3S2. The fraction of sp³-hybridized carbons (Fsp3) is 0.462. The van der Waals surface area contributed by atoms with Crippen molar-refractivity contribution in [2.75, 3.05) is 23.0 Å². The largest absolute Gasteiger partial charge is 0.398 e. The molecule has 1 amide bonds. The lowest BCUT2D eigenvalue weighted by atomic mass is 10.0. The number of amides is 1. The summed E-state index contributed by atoms with van der Waals surface area (Å²) in [6, 6.07) is 3.97. The summed E-state index contributed by atoms with van der Waals surface area (Å²) in [7, 11) is -3.07. The fourth-order valence-corrected chi connectivity index (χ4v) is 5.14. The first kappa shape index (κ1) is 16.1. The van der Waals surface area contributed by atoms with Crippen LogP contribution in [0.2, 0.25) is 0 Å². The standard InChI is InChI=1S/C13H17FN2O3S2/c1-13(4-5-21(18,19)8-13)16-12(17)7-20-11-6-9(14)2-3-10(11)15/h2-3,6H,4-5,7-8,15H2,1H3,(H,16,17). The molecule has 1 aliphatic heterocycles. The molecule has 1 saturated heterocycles. The van der Waals surface area contributed by atoms with Crippen molar-refractivity contribution in [2.24, 2.45) is 0 Å². The predicted octanol–water partition coefficient (Wildman–Crippen LogP) is 1.19. The molecule has 0 radical (unpaired) electrons. The first-order valence-electron chi connectivity index (χ1n) is 6.38. The van der Waals surface area contributed by atoms with Crippen LogP contribution in [0.15, 0.2) is 23.1 Å². The van der Waals surface area contributed by atoms with E-state index in [1.807, 2.05) is 0 Å². The Balaban J connectivity index is 1.92. The average Bonchev–Trinajstić information content (AvgIpc) is 2.64. The molecule has 116 valence electrons. The summed E-state index contributed by atoms with van der Waals surface area (Å²) in [5.41, 5.74) is 5.39. The van der Waals surface area contributed by atoms with E-state index in [2.05, 4.69) is 5.32 Å². The van der Waals surface area contributed by atoms with Gasteiger partial charge in [0.25, 0.3) is 0 Å². The highest BCUT2D eigenvalue weighted by Gasteiger charge is 2.39. The number of nitrogens with two attached hydrogens (primary N) is 1. The number of anilines is 1. The smallest absolute Gasteiger partial charge is 0.230 e. The number of benzene rings is 1. The minimum Gasteiger partial charge on any atom is -0.398 e. The molecule has 3 N–H and O–H groups in total. The molecule has 1 atom stereocenters. The Kier molecular flexibility index (Phi) is 4.48. The Bertz CT molecular complexity index is 663. The molecule has 0 bridgehead atoms. The number of nitrogens with one attached hydrogen (secondary N) is 1. The lowest BCUT2D eigenvalue weighted by Gasteiger charge is -2.23. The van der Waals surface area contributed by atoms with Crippen LogP contribution in [-0.4, -0.2) is 37.1 Å². The van der Waals surface area contributed by atoms with Gasteiger partial charge in [-0.15, -0.1) is 11.8 Å². The van der Waals surface area contributed by atoms with Crippen molar-refractivity contribution in [3.05, 3.63) is 24.0 Å². The number of carbonyl (C=O) groups excluding carboxylic acids is 1. The molecule has 8 heteroatoms. The predicted molar refractivity (Wildman–Crippen MR) is 81.4 cm³/mol. The van der Waals surface area contributed by atoms with Gasteiger partial charge < -0.3 is 11.1 Å². The van der Waals surface area contributed by atoms with Crippen LogP contribution in [0.5, 0.6) is 0 Å². The maximum absolute atomic E-state index is 13.1. The number of thioether (sulfide) groups is 1. The van der Waals surface area contributed by atoms with Crippen LogP contribution in [0.4, 0.5) is 10.1 Å². The van der Waals surface area contributed by atoms with Gasteiger partial charge in [0.15, 0.2) is 9.84 Å². The van der Waals surface area contributed by atoms with Crippen molar-refractivity contribution in [3.63, 3.8) is 0 Å². The number of halogens is 1. The zero-order valence-electron chi connectivity index (χ0n) is 11.6. The van der Waals surface area contributed by atoms with E-state index in [0.717, 1.165) is 11.8 Å². The molecule has 5 nitrogen and oxygen atoms in total. The van der Waals surface area contributed by atoms with Crippen LogP contribution >= 0.6 is 11.8 Å². The maximum atomic E-state index is 13.1. The van der Waals surface area contributed by atoms with Crippen molar-refractivity contribution in [1.82, 2.24) is 5.32 Å². The number of nitrogen functional groups attached to an aromatic ring is 1. The van der Waals surface area contributed by atoms with Gasteiger partial charge >= 0.3 is 0 Å². The fourth-order valence-electron chi connectivity index (χ4n) is 2.26. The molecule has 0 saturated carbocycles.